The summed E-state index contributed by atoms with van der Waals surface area (Å²) in [6.07, 6.45) is 5.32. The molecule has 2 heterocycles. The number of benzene rings is 2. The lowest BCUT2D eigenvalue weighted by molar-refractivity contribution is 0.235. The highest BCUT2D eigenvalue weighted by Crippen LogP contribution is 2.56. The number of para-hydroxylation sites is 1. The van der Waals surface area contributed by atoms with Gasteiger partial charge in [0.2, 0.25) is 0 Å². The van der Waals surface area contributed by atoms with Gasteiger partial charge in [-0.25, -0.2) is 0 Å². The largest absolute Gasteiger partial charge is 0.363 e. The van der Waals surface area contributed by atoms with Crippen molar-refractivity contribution in [3.05, 3.63) is 65.7 Å². The van der Waals surface area contributed by atoms with Crippen LogP contribution in [0.5, 0.6) is 0 Å². The lowest BCUT2D eigenvalue weighted by atomic mass is 9.65. The molecular formula is C21H24N2. The van der Waals surface area contributed by atoms with Gasteiger partial charge in [-0.3, -0.25) is 0 Å². The first kappa shape index (κ1) is 13.6. The van der Waals surface area contributed by atoms with E-state index in [1.165, 1.54) is 43.5 Å². The zero-order valence-electron chi connectivity index (χ0n) is 13.5. The molecule has 0 amide bonds. The van der Waals surface area contributed by atoms with Gasteiger partial charge >= 0.3 is 0 Å². The number of hydrogen-bond acceptors (Lipinski definition) is 2. The molecular weight excluding hydrogens is 280 g/mol. The molecule has 2 aliphatic heterocycles. The lowest BCUT2D eigenvalue weighted by Gasteiger charge is -2.44. The third-order valence-electron chi connectivity index (χ3n) is 6.40. The molecule has 3 aliphatic rings. The second-order valence-corrected chi connectivity index (χ2v) is 7.37. The molecule has 118 valence electrons. The van der Waals surface area contributed by atoms with E-state index in [0.29, 0.717) is 17.5 Å². The lowest BCUT2D eigenvalue weighted by Crippen LogP contribution is -2.54. The maximum Gasteiger partial charge on any atom is 0.0433 e. The van der Waals surface area contributed by atoms with E-state index in [1.807, 2.05) is 0 Å². The first-order chi connectivity index (χ1) is 11.4. The van der Waals surface area contributed by atoms with Crippen LogP contribution in [-0.2, 0) is 12.0 Å². The molecule has 3 atom stereocenters. The van der Waals surface area contributed by atoms with Crippen LogP contribution in [0, 0.1) is 0 Å². The van der Waals surface area contributed by atoms with Gasteiger partial charge in [-0.2, -0.15) is 0 Å². The number of nitrogens with one attached hydrogen (secondary N) is 1. The maximum atomic E-state index is 3.82. The highest BCUT2D eigenvalue weighted by atomic mass is 15.2. The van der Waals surface area contributed by atoms with Crippen molar-refractivity contribution in [2.24, 2.45) is 0 Å². The highest BCUT2D eigenvalue weighted by molar-refractivity contribution is 5.66. The number of fused-ring (bicyclic) bond motifs is 1. The van der Waals surface area contributed by atoms with Crippen molar-refractivity contribution in [2.75, 3.05) is 11.4 Å². The monoisotopic (exact) mass is 304 g/mol. The first-order valence-corrected chi connectivity index (χ1v) is 9.03. The van der Waals surface area contributed by atoms with Crippen molar-refractivity contribution >= 4 is 5.69 Å². The Balaban J connectivity index is 1.62. The third-order valence-corrected chi connectivity index (χ3v) is 6.40. The maximum absolute atomic E-state index is 3.82. The van der Waals surface area contributed by atoms with Crippen molar-refractivity contribution in [1.29, 1.82) is 0 Å². The van der Waals surface area contributed by atoms with Gasteiger partial charge in [-0.1, -0.05) is 48.5 Å². The van der Waals surface area contributed by atoms with Crippen molar-refractivity contribution in [3.63, 3.8) is 0 Å². The van der Waals surface area contributed by atoms with Gasteiger partial charge in [0.15, 0.2) is 0 Å². The molecule has 2 aromatic rings. The van der Waals surface area contributed by atoms with E-state index in [0.717, 1.165) is 6.54 Å². The summed E-state index contributed by atoms with van der Waals surface area (Å²) < 4.78 is 0. The molecule has 5 rings (SSSR count). The molecule has 1 spiro atoms. The quantitative estimate of drug-likeness (QED) is 0.906. The van der Waals surface area contributed by atoms with E-state index in [9.17, 15) is 0 Å². The van der Waals surface area contributed by atoms with Crippen LogP contribution < -0.4 is 10.2 Å². The highest BCUT2D eigenvalue weighted by Gasteiger charge is 2.58. The van der Waals surface area contributed by atoms with Crippen LogP contribution in [-0.4, -0.2) is 18.6 Å². The summed E-state index contributed by atoms with van der Waals surface area (Å²) in [5, 5.41) is 3.82. The Morgan fingerprint density at radius 1 is 1.00 bits per heavy atom. The summed E-state index contributed by atoms with van der Waals surface area (Å²) in [7, 11) is 0. The Morgan fingerprint density at radius 2 is 1.83 bits per heavy atom. The molecule has 2 fully saturated rings. The van der Waals surface area contributed by atoms with Gasteiger partial charge in [0.1, 0.15) is 0 Å². The molecule has 2 heteroatoms. The van der Waals surface area contributed by atoms with E-state index in [4.69, 9.17) is 0 Å². The minimum atomic E-state index is 0.351. The van der Waals surface area contributed by atoms with Crippen molar-refractivity contribution in [3.8, 4) is 0 Å². The molecule has 1 saturated heterocycles. The zero-order chi connectivity index (χ0) is 15.3. The van der Waals surface area contributed by atoms with Crippen LogP contribution in [0.4, 0.5) is 5.69 Å². The van der Waals surface area contributed by atoms with Gasteiger partial charge < -0.3 is 10.2 Å². The molecule has 1 saturated carbocycles. The van der Waals surface area contributed by atoms with Crippen LogP contribution in [0.2, 0.25) is 0 Å². The zero-order valence-corrected chi connectivity index (χ0v) is 13.5. The summed E-state index contributed by atoms with van der Waals surface area (Å²) in [5.41, 5.74) is 4.86. The SMILES string of the molecule is c1ccc(CN2c3ccccc3[C@]34CCN[C@H]3CCC[C@H]24)cc1. The van der Waals surface area contributed by atoms with Gasteiger partial charge in [0, 0.05) is 29.7 Å². The Hall–Kier alpha value is -1.80. The summed E-state index contributed by atoms with van der Waals surface area (Å²) in [4.78, 5) is 2.71. The summed E-state index contributed by atoms with van der Waals surface area (Å²) in [5.74, 6) is 0. The summed E-state index contributed by atoms with van der Waals surface area (Å²) >= 11 is 0. The van der Waals surface area contributed by atoms with Crippen LogP contribution in [0.3, 0.4) is 0 Å². The molecule has 0 unspecified atom stereocenters. The number of anilines is 1. The van der Waals surface area contributed by atoms with Crippen molar-refractivity contribution in [2.45, 2.75) is 49.7 Å². The average Bonchev–Trinajstić information content (AvgIpc) is 3.16. The standard InChI is InChI=1S/C21H24N2/c1-2-7-16(8-3-1)15-23-18-10-5-4-9-17(18)21-13-14-22-19(21)11-6-12-20(21)23/h1-5,7-10,19-20,22H,6,11-15H2/t19-,20-,21+/m0/s1. The molecule has 0 aromatic heterocycles. The number of hydrogen-bond donors (Lipinski definition) is 1. The van der Waals surface area contributed by atoms with E-state index >= 15 is 0 Å². The summed E-state index contributed by atoms with van der Waals surface area (Å²) in [6.45, 7) is 2.21. The van der Waals surface area contributed by atoms with Crippen molar-refractivity contribution in [1.82, 2.24) is 5.32 Å². The van der Waals surface area contributed by atoms with Gasteiger partial charge in [0.05, 0.1) is 0 Å². The van der Waals surface area contributed by atoms with Gasteiger partial charge in [-0.05, 0) is 49.4 Å². The number of rotatable bonds is 2. The molecule has 23 heavy (non-hydrogen) atoms. The fourth-order valence-corrected chi connectivity index (χ4v) is 5.54. The minimum absolute atomic E-state index is 0.351. The molecule has 2 nitrogen and oxygen atoms in total. The van der Waals surface area contributed by atoms with Crippen molar-refractivity contribution < 1.29 is 0 Å². The summed E-state index contributed by atoms with van der Waals surface area (Å²) in [6, 6.07) is 21.5. The molecule has 2 aromatic carbocycles. The second kappa shape index (κ2) is 5.10. The van der Waals surface area contributed by atoms with Gasteiger partial charge in [-0.15, -0.1) is 0 Å². The fraction of sp³-hybridized carbons (Fsp3) is 0.429. The third kappa shape index (κ3) is 1.85. The normalized spacial score (nSPS) is 31.6. The molecule has 1 aliphatic carbocycles. The topological polar surface area (TPSA) is 15.3 Å². The predicted octanol–water partition coefficient (Wildman–Crippen LogP) is 3.86. The van der Waals surface area contributed by atoms with E-state index in [-0.39, 0.29) is 0 Å². The smallest absolute Gasteiger partial charge is 0.0433 e. The van der Waals surface area contributed by atoms with E-state index in [1.54, 1.807) is 5.56 Å². The Kier molecular flexibility index (Phi) is 3.02. The Morgan fingerprint density at radius 3 is 2.74 bits per heavy atom. The number of nitrogens with zero attached hydrogens (tertiary/aromatic N) is 1. The van der Waals surface area contributed by atoms with Crippen LogP contribution in [0.25, 0.3) is 0 Å². The fourth-order valence-electron chi connectivity index (χ4n) is 5.54. The van der Waals surface area contributed by atoms with Crippen LogP contribution in [0.15, 0.2) is 54.6 Å². The molecule has 0 bridgehead atoms. The minimum Gasteiger partial charge on any atom is -0.363 e. The van der Waals surface area contributed by atoms with Crippen LogP contribution >= 0.6 is 0 Å². The molecule has 1 N–H and O–H groups in total. The first-order valence-electron chi connectivity index (χ1n) is 9.03. The average molecular weight is 304 g/mol. The Labute approximate surface area is 138 Å². The van der Waals surface area contributed by atoms with E-state index < -0.39 is 0 Å². The predicted molar refractivity (Wildman–Crippen MR) is 94.8 cm³/mol. The second-order valence-electron chi connectivity index (χ2n) is 7.37. The van der Waals surface area contributed by atoms with Crippen LogP contribution in [0.1, 0.15) is 36.8 Å². The Bertz CT molecular complexity index is 711. The molecule has 0 radical (unpaired) electrons. The van der Waals surface area contributed by atoms with E-state index in [2.05, 4.69) is 64.8 Å². The van der Waals surface area contributed by atoms with Gasteiger partial charge in [0.25, 0.3) is 0 Å².